The highest BCUT2D eigenvalue weighted by atomic mass is 14.6. The summed E-state index contributed by atoms with van der Waals surface area (Å²) < 4.78 is 0. The molecule has 0 spiro atoms. The van der Waals surface area contributed by atoms with Gasteiger partial charge in [0.15, 0.2) is 0 Å². The third-order valence-electron chi connectivity index (χ3n) is 10.3. The van der Waals surface area contributed by atoms with E-state index in [0.717, 1.165) is 29.6 Å². The Morgan fingerprint density at radius 1 is 0.969 bits per heavy atom. The van der Waals surface area contributed by atoms with Gasteiger partial charge in [0.2, 0.25) is 0 Å². The van der Waals surface area contributed by atoms with Gasteiger partial charge in [-0.25, -0.2) is 0 Å². The SMILES string of the molecule is C=CCCC1CCC(C2(C3C4C=C(C)C=CC4C4C=CC(C(C)(C)C)=CC43)CCCC2)C1. The average Bonchev–Trinajstić information content (AvgIpc) is 3.48. The summed E-state index contributed by atoms with van der Waals surface area (Å²) in [4.78, 5) is 0. The Hall–Kier alpha value is -1.30. The number of fused-ring (bicyclic) bond motifs is 3. The maximum atomic E-state index is 3.99. The summed E-state index contributed by atoms with van der Waals surface area (Å²) in [6, 6.07) is 0. The molecule has 5 rings (SSSR count). The van der Waals surface area contributed by atoms with Gasteiger partial charge in [-0.05, 0) is 103 Å². The van der Waals surface area contributed by atoms with Crippen molar-refractivity contribution >= 4 is 0 Å². The van der Waals surface area contributed by atoms with E-state index in [0.29, 0.717) is 17.3 Å². The Bertz CT molecular complexity index is 834. The smallest absolute Gasteiger partial charge is 0.00952 e. The van der Waals surface area contributed by atoms with Crippen LogP contribution < -0.4 is 0 Å². The number of allylic oxidation sites excluding steroid dienone is 9. The highest BCUT2D eigenvalue weighted by molar-refractivity contribution is 5.38. The first kappa shape index (κ1) is 22.5. The highest BCUT2D eigenvalue weighted by Gasteiger charge is 2.59. The van der Waals surface area contributed by atoms with Gasteiger partial charge < -0.3 is 0 Å². The van der Waals surface area contributed by atoms with Crippen molar-refractivity contribution in [1.82, 2.24) is 0 Å². The van der Waals surface area contributed by atoms with Gasteiger partial charge in [-0.15, -0.1) is 6.58 Å². The monoisotopic (exact) mass is 430 g/mol. The molecule has 0 nitrogen and oxygen atoms in total. The lowest BCUT2D eigenvalue weighted by molar-refractivity contribution is 0.0389. The summed E-state index contributed by atoms with van der Waals surface area (Å²) in [5.74, 6) is 5.58. The zero-order chi connectivity index (χ0) is 22.5. The fraction of sp³-hybridized carbons (Fsp3) is 0.688. The van der Waals surface area contributed by atoms with Crippen LogP contribution in [0.2, 0.25) is 0 Å². The lowest BCUT2D eigenvalue weighted by atomic mass is 9.57. The van der Waals surface area contributed by atoms with Gasteiger partial charge in [-0.3, -0.25) is 0 Å². The van der Waals surface area contributed by atoms with E-state index in [1.807, 2.05) is 0 Å². The molecule has 5 aliphatic rings. The zero-order valence-corrected chi connectivity index (χ0v) is 21.2. The molecule has 32 heavy (non-hydrogen) atoms. The first-order valence-electron chi connectivity index (χ1n) is 13.7. The van der Waals surface area contributed by atoms with Crippen molar-refractivity contribution in [2.24, 2.45) is 52.3 Å². The van der Waals surface area contributed by atoms with Crippen molar-refractivity contribution in [3.05, 3.63) is 60.3 Å². The normalized spacial score (nSPS) is 40.1. The molecule has 0 radical (unpaired) electrons. The van der Waals surface area contributed by atoms with E-state index in [-0.39, 0.29) is 5.41 Å². The second kappa shape index (κ2) is 8.48. The molecule has 0 aromatic carbocycles. The van der Waals surface area contributed by atoms with Crippen LogP contribution >= 0.6 is 0 Å². The zero-order valence-electron chi connectivity index (χ0n) is 21.2. The molecule has 3 fully saturated rings. The summed E-state index contributed by atoms with van der Waals surface area (Å²) >= 11 is 0. The summed E-state index contributed by atoms with van der Waals surface area (Å²) in [6.07, 6.45) is 30.7. The van der Waals surface area contributed by atoms with Crippen LogP contribution in [0.5, 0.6) is 0 Å². The fourth-order valence-corrected chi connectivity index (χ4v) is 8.82. The van der Waals surface area contributed by atoms with Gasteiger partial charge in [0, 0.05) is 0 Å². The Labute approximate surface area is 198 Å². The van der Waals surface area contributed by atoms with Gasteiger partial charge in [0.1, 0.15) is 0 Å². The third kappa shape index (κ3) is 3.74. The van der Waals surface area contributed by atoms with Crippen molar-refractivity contribution in [2.45, 2.75) is 85.5 Å². The van der Waals surface area contributed by atoms with Crippen LogP contribution in [0.3, 0.4) is 0 Å². The molecule has 3 saturated carbocycles. The summed E-state index contributed by atoms with van der Waals surface area (Å²) in [6.45, 7) is 13.5. The third-order valence-corrected chi connectivity index (χ3v) is 10.3. The van der Waals surface area contributed by atoms with Crippen LogP contribution in [-0.4, -0.2) is 0 Å². The fourth-order valence-electron chi connectivity index (χ4n) is 8.82. The van der Waals surface area contributed by atoms with E-state index in [1.165, 1.54) is 63.4 Å². The average molecular weight is 431 g/mol. The Morgan fingerprint density at radius 3 is 2.34 bits per heavy atom. The van der Waals surface area contributed by atoms with Crippen LogP contribution in [0.25, 0.3) is 0 Å². The molecule has 0 amide bonds. The molecule has 0 bridgehead atoms. The second-order valence-corrected chi connectivity index (χ2v) is 13.0. The lowest BCUT2D eigenvalue weighted by Gasteiger charge is -2.47. The van der Waals surface area contributed by atoms with Crippen LogP contribution in [0.4, 0.5) is 0 Å². The first-order chi connectivity index (χ1) is 15.3. The summed E-state index contributed by atoms with van der Waals surface area (Å²) in [5, 5.41) is 0. The molecule has 5 aliphatic carbocycles. The van der Waals surface area contributed by atoms with Gasteiger partial charge in [0.05, 0.1) is 0 Å². The molecule has 7 atom stereocenters. The molecule has 0 aromatic heterocycles. The predicted molar refractivity (Wildman–Crippen MR) is 138 cm³/mol. The van der Waals surface area contributed by atoms with E-state index in [1.54, 1.807) is 5.57 Å². The molecule has 0 N–H and O–H groups in total. The van der Waals surface area contributed by atoms with Crippen LogP contribution in [0.15, 0.2) is 60.3 Å². The maximum Gasteiger partial charge on any atom is -0.00952 e. The Morgan fingerprint density at radius 2 is 1.66 bits per heavy atom. The van der Waals surface area contributed by atoms with E-state index in [2.05, 4.69) is 76.8 Å². The van der Waals surface area contributed by atoms with E-state index >= 15 is 0 Å². The second-order valence-electron chi connectivity index (χ2n) is 13.0. The van der Waals surface area contributed by atoms with Crippen molar-refractivity contribution in [1.29, 1.82) is 0 Å². The van der Waals surface area contributed by atoms with Crippen molar-refractivity contribution in [2.75, 3.05) is 0 Å². The molecule has 0 heteroatoms. The molecular weight excluding hydrogens is 384 g/mol. The van der Waals surface area contributed by atoms with E-state index in [4.69, 9.17) is 0 Å². The molecule has 0 aromatic rings. The van der Waals surface area contributed by atoms with E-state index < -0.39 is 0 Å². The Kier molecular flexibility index (Phi) is 5.96. The van der Waals surface area contributed by atoms with Crippen LogP contribution in [-0.2, 0) is 0 Å². The standard InChI is InChI=1S/C32H46/c1-6-7-10-23-12-13-25(20-23)32(17-8-9-18-32)30-28-19-22(2)11-15-26(28)27-16-14-24(21-29(27)30)31(3,4)5/h6,11,14-16,19,21,23,25-30H,1,7-10,12-13,17-18,20H2,2-5H3. The minimum Gasteiger partial charge on any atom is -0.103 e. The van der Waals surface area contributed by atoms with Gasteiger partial charge in [-0.1, -0.05) is 88.1 Å². The number of hydrogen-bond acceptors (Lipinski definition) is 0. The molecule has 0 aliphatic heterocycles. The largest absolute Gasteiger partial charge is 0.103 e. The van der Waals surface area contributed by atoms with Gasteiger partial charge >= 0.3 is 0 Å². The van der Waals surface area contributed by atoms with E-state index in [9.17, 15) is 0 Å². The molecule has 0 heterocycles. The maximum absolute atomic E-state index is 3.99. The summed E-state index contributed by atoms with van der Waals surface area (Å²) in [7, 11) is 0. The van der Waals surface area contributed by atoms with Gasteiger partial charge in [-0.2, -0.15) is 0 Å². The van der Waals surface area contributed by atoms with Crippen molar-refractivity contribution in [3.63, 3.8) is 0 Å². The number of hydrogen-bond donors (Lipinski definition) is 0. The van der Waals surface area contributed by atoms with Crippen molar-refractivity contribution < 1.29 is 0 Å². The quantitative estimate of drug-likeness (QED) is 0.381. The van der Waals surface area contributed by atoms with Crippen LogP contribution in [0, 0.1) is 52.3 Å². The Balaban J connectivity index is 1.53. The molecule has 7 unspecified atom stereocenters. The molecular formula is C32H46. The van der Waals surface area contributed by atoms with Gasteiger partial charge in [0.25, 0.3) is 0 Å². The lowest BCUT2D eigenvalue weighted by Crippen LogP contribution is -2.40. The van der Waals surface area contributed by atoms with Crippen LogP contribution in [0.1, 0.15) is 85.5 Å². The molecule has 174 valence electrons. The number of rotatable bonds is 5. The topological polar surface area (TPSA) is 0 Å². The first-order valence-corrected chi connectivity index (χ1v) is 13.7. The predicted octanol–water partition coefficient (Wildman–Crippen LogP) is 9.08. The minimum atomic E-state index is 0.243. The summed E-state index contributed by atoms with van der Waals surface area (Å²) in [5.41, 5.74) is 3.89. The van der Waals surface area contributed by atoms with Crippen molar-refractivity contribution in [3.8, 4) is 0 Å². The minimum absolute atomic E-state index is 0.243. The molecule has 0 saturated heterocycles. The highest BCUT2D eigenvalue weighted by Crippen LogP contribution is 2.67.